The lowest BCUT2D eigenvalue weighted by atomic mass is 10.1. The molecule has 4 rings (SSSR count). The van der Waals surface area contributed by atoms with Crippen molar-refractivity contribution >= 4 is 35.6 Å². The Morgan fingerprint density at radius 1 is 0.941 bits per heavy atom. The van der Waals surface area contributed by atoms with Gasteiger partial charge in [-0.1, -0.05) is 48.0 Å². The molecule has 0 radical (unpaired) electrons. The standard InChI is InChI=1S/C27H28N4OS2/c1-18-11-13-23(14-12-18)34-17-24-29-30(27(33)31(24)22-10-5-7-19(2)15-22)16-25(32)28-26-20(3)8-6-9-21(26)4/h5-15H,16-17H2,1-4H3,(H,28,32). The van der Waals surface area contributed by atoms with E-state index in [1.807, 2.05) is 48.7 Å². The highest BCUT2D eigenvalue weighted by atomic mass is 32.2. The van der Waals surface area contributed by atoms with E-state index in [2.05, 4.69) is 55.6 Å². The summed E-state index contributed by atoms with van der Waals surface area (Å²) in [5.41, 5.74) is 6.20. The highest BCUT2D eigenvalue weighted by molar-refractivity contribution is 7.98. The molecular weight excluding hydrogens is 460 g/mol. The number of anilines is 1. The molecule has 174 valence electrons. The minimum absolute atomic E-state index is 0.0492. The van der Waals surface area contributed by atoms with Crippen LogP contribution in [-0.2, 0) is 17.1 Å². The van der Waals surface area contributed by atoms with Gasteiger partial charge in [-0.3, -0.25) is 9.36 Å². The summed E-state index contributed by atoms with van der Waals surface area (Å²) in [4.78, 5) is 14.1. The van der Waals surface area contributed by atoms with Gasteiger partial charge in [-0.15, -0.1) is 11.8 Å². The van der Waals surface area contributed by atoms with Crippen molar-refractivity contribution in [3.8, 4) is 5.69 Å². The number of aromatic nitrogens is 3. The Morgan fingerprint density at radius 2 is 1.62 bits per heavy atom. The van der Waals surface area contributed by atoms with Crippen LogP contribution in [0.4, 0.5) is 5.69 Å². The zero-order chi connectivity index (χ0) is 24.2. The van der Waals surface area contributed by atoms with Gasteiger partial charge in [0.25, 0.3) is 0 Å². The Bertz CT molecular complexity index is 1370. The lowest BCUT2D eigenvalue weighted by molar-refractivity contribution is -0.116. The average Bonchev–Trinajstić information content (AvgIpc) is 3.11. The normalized spacial score (nSPS) is 10.9. The maximum atomic E-state index is 12.9. The van der Waals surface area contributed by atoms with Crippen LogP contribution in [0.15, 0.2) is 71.6 Å². The second kappa shape index (κ2) is 10.4. The summed E-state index contributed by atoms with van der Waals surface area (Å²) in [5, 5.41) is 7.80. The first-order chi connectivity index (χ1) is 16.3. The molecule has 4 aromatic rings. The van der Waals surface area contributed by atoms with E-state index in [0.29, 0.717) is 10.5 Å². The van der Waals surface area contributed by atoms with Crippen LogP contribution in [0.2, 0.25) is 0 Å². The molecule has 7 heteroatoms. The molecule has 1 aromatic heterocycles. The fraction of sp³-hybridized carbons (Fsp3) is 0.222. The molecule has 1 heterocycles. The molecule has 0 saturated carbocycles. The molecular formula is C27H28N4OS2. The summed E-state index contributed by atoms with van der Waals surface area (Å²) < 4.78 is 4.09. The molecule has 0 unspecified atom stereocenters. The maximum absolute atomic E-state index is 12.9. The number of hydrogen-bond donors (Lipinski definition) is 1. The topological polar surface area (TPSA) is 51.9 Å². The van der Waals surface area contributed by atoms with E-state index in [1.54, 1.807) is 16.4 Å². The number of aryl methyl sites for hydroxylation is 4. The second-order valence-electron chi connectivity index (χ2n) is 8.45. The molecule has 1 amide bonds. The van der Waals surface area contributed by atoms with Crippen molar-refractivity contribution < 1.29 is 4.79 Å². The van der Waals surface area contributed by atoms with Crippen molar-refractivity contribution in [2.24, 2.45) is 0 Å². The smallest absolute Gasteiger partial charge is 0.246 e. The number of nitrogens with one attached hydrogen (secondary N) is 1. The van der Waals surface area contributed by atoms with Crippen molar-refractivity contribution in [2.75, 3.05) is 5.32 Å². The minimum atomic E-state index is -0.153. The van der Waals surface area contributed by atoms with Crippen molar-refractivity contribution in [3.63, 3.8) is 0 Å². The van der Waals surface area contributed by atoms with Crippen LogP contribution >= 0.6 is 24.0 Å². The van der Waals surface area contributed by atoms with Crippen LogP contribution in [-0.4, -0.2) is 20.3 Å². The SMILES string of the molecule is Cc1ccc(SCc2nn(CC(=O)Nc3c(C)cccc3C)c(=S)n2-c2cccc(C)c2)cc1. The number of carbonyl (C=O) groups excluding carboxylic acids is 1. The lowest BCUT2D eigenvalue weighted by Gasteiger charge is -2.11. The number of benzene rings is 3. The van der Waals surface area contributed by atoms with Crippen molar-refractivity contribution in [3.05, 3.63) is 99.6 Å². The number of rotatable bonds is 7. The van der Waals surface area contributed by atoms with Crippen LogP contribution < -0.4 is 5.32 Å². The first-order valence-corrected chi connectivity index (χ1v) is 12.5. The fourth-order valence-electron chi connectivity index (χ4n) is 3.78. The summed E-state index contributed by atoms with van der Waals surface area (Å²) >= 11 is 7.49. The van der Waals surface area contributed by atoms with Crippen LogP contribution in [0.25, 0.3) is 5.69 Å². The van der Waals surface area contributed by atoms with Crippen LogP contribution in [0, 0.1) is 32.5 Å². The first kappa shape index (κ1) is 24.0. The lowest BCUT2D eigenvalue weighted by Crippen LogP contribution is -2.21. The Balaban J connectivity index is 1.63. The number of carbonyl (C=O) groups is 1. The van der Waals surface area contributed by atoms with Crippen molar-refractivity contribution in [2.45, 2.75) is 44.9 Å². The number of amides is 1. The molecule has 0 atom stereocenters. The van der Waals surface area contributed by atoms with Crippen LogP contribution in [0.3, 0.4) is 0 Å². The Hall–Kier alpha value is -3.16. The molecule has 1 N–H and O–H groups in total. The number of para-hydroxylation sites is 1. The van der Waals surface area contributed by atoms with Gasteiger partial charge in [-0.2, -0.15) is 5.10 Å². The third kappa shape index (κ3) is 5.48. The first-order valence-electron chi connectivity index (χ1n) is 11.1. The van der Waals surface area contributed by atoms with Gasteiger partial charge in [0.15, 0.2) is 0 Å². The van der Waals surface area contributed by atoms with Gasteiger partial charge < -0.3 is 5.32 Å². The van der Waals surface area contributed by atoms with Gasteiger partial charge in [0.2, 0.25) is 10.7 Å². The van der Waals surface area contributed by atoms with Crippen LogP contribution in [0.5, 0.6) is 0 Å². The second-order valence-corrected chi connectivity index (χ2v) is 9.86. The fourth-order valence-corrected chi connectivity index (χ4v) is 4.91. The van der Waals surface area contributed by atoms with Gasteiger partial charge in [-0.05, 0) is 80.9 Å². The molecule has 0 saturated heterocycles. The van der Waals surface area contributed by atoms with E-state index in [-0.39, 0.29) is 12.5 Å². The van der Waals surface area contributed by atoms with Gasteiger partial charge in [0, 0.05) is 16.3 Å². The Labute approximate surface area is 209 Å². The number of nitrogens with zero attached hydrogens (tertiary/aromatic N) is 3. The van der Waals surface area contributed by atoms with E-state index in [0.717, 1.165) is 38.8 Å². The third-order valence-electron chi connectivity index (χ3n) is 5.59. The third-order valence-corrected chi connectivity index (χ3v) is 7.00. The summed E-state index contributed by atoms with van der Waals surface area (Å²) in [6.07, 6.45) is 0. The zero-order valence-electron chi connectivity index (χ0n) is 19.8. The monoisotopic (exact) mass is 488 g/mol. The molecule has 5 nitrogen and oxygen atoms in total. The van der Waals surface area contributed by atoms with E-state index >= 15 is 0 Å². The summed E-state index contributed by atoms with van der Waals surface area (Å²) in [7, 11) is 0. The molecule has 0 fully saturated rings. The summed E-state index contributed by atoms with van der Waals surface area (Å²) in [6, 6.07) is 22.5. The summed E-state index contributed by atoms with van der Waals surface area (Å²) in [6.45, 7) is 8.15. The predicted molar refractivity (Wildman–Crippen MR) is 142 cm³/mol. The zero-order valence-corrected chi connectivity index (χ0v) is 21.5. The largest absolute Gasteiger partial charge is 0.324 e. The van der Waals surface area contributed by atoms with Crippen molar-refractivity contribution in [1.82, 2.24) is 14.3 Å². The van der Waals surface area contributed by atoms with Gasteiger partial charge >= 0.3 is 0 Å². The highest BCUT2D eigenvalue weighted by Crippen LogP contribution is 2.25. The minimum Gasteiger partial charge on any atom is -0.324 e. The van der Waals surface area contributed by atoms with E-state index in [4.69, 9.17) is 17.3 Å². The van der Waals surface area contributed by atoms with Gasteiger partial charge in [0.05, 0.1) is 5.75 Å². The average molecular weight is 489 g/mol. The predicted octanol–water partition coefficient (Wildman–Crippen LogP) is 6.57. The molecule has 3 aromatic carbocycles. The molecule has 0 aliphatic heterocycles. The van der Waals surface area contributed by atoms with Crippen molar-refractivity contribution in [1.29, 1.82) is 0 Å². The Kier molecular flexibility index (Phi) is 7.34. The maximum Gasteiger partial charge on any atom is 0.246 e. The number of hydrogen-bond acceptors (Lipinski definition) is 4. The van der Waals surface area contributed by atoms with E-state index < -0.39 is 0 Å². The number of thioether (sulfide) groups is 1. The molecule has 0 spiro atoms. The molecule has 0 aliphatic carbocycles. The van der Waals surface area contributed by atoms with E-state index in [9.17, 15) is 4.79 Å². The van der Waals surface area contributed by atoms with E-state index in [1.165, 1.54) is 5.56 Å². The molecule has 0 aliphatic rings. The highest BCUT2D eigenvalue weighted by Gasteiger charge is 2.16. The Morgan fingerprint density at radius 3 is 2.29 bits per heavy atom. The van der Waals surface area contributed by atoms with Gasteiger partial charge in [0.1, 0.15) is 12.4 Å². The van der Waals surface area contributed by atoms with Gasteiger partial charge in [-0.25, -0.2) is 4.68 Å². The van der Waals surface area contributed by atoms with Crippen LogP contribution in [0.1, 0.15) is 28.1 Å². The summed E-state index contributed by atoms with van der Waals surface area (Å²) in [5.74, 6) is 1.28. The quantitative estimate of drug-likeness (QED) is 0.236. The molecule has 34 heavy (non-hydrogen) atoms. The molecule has 0 bridgehead atoms.